The first kappa shape index (κ1) is 21.3. The quantitative estimate of drug-likeness (QED) is 0.459. The largest absolute Gasteiger partial charge is 0.507 e. The summed E-state index contributed by atoms with van der Waals surface area (Å²) in [6.07, 6.45) is 11.3. The van der Waals surface area contributed by atoms with E-state index in [1.807, 2.05) is 6.07 Å². The summed E-state index contributed by atoms with van der Waals surface area (Å²) in [4.78, 5) is 0. The average Bonchev–Trinajstić information content (AvgIpc) is 2.66. The molecule has 156 valence electrons. The van der Waals surface area contributed by atoms with E-state index >= 15 is 0 Å². The lowest BCUT2D eigenvalue weighted by atomic mass is 9.78. The number of benzene rings is 1. The Labute approximate surface area is 172 Å². The summed E-state index contributed by atoms with van der Waals surface area (Å²) in [7, 11) is 0. The Kier molecular flexibility index (Phi) is 7.12. The standard InChI is InChI=1S/C26H40O2/c1-6-7-8-9-10-11-18(3)19(4)21-15-23(27)26-20(5)22-13-12-17(2)14-24(22)28-25(26)16-21/h15-20,27H,6-14H2,1-5H3. The molecule has 3 rings (SSSR count). The Morgan fingerprint density at radius 3 is 2.61 bits per heavy atom. The van der Waals surface area contributed by atoms with E-state index in [9.17, 15) is 5.11 Å². The molecule has 1 aliphatic carbocycles. The van der Waals surface area contributed by atoms with Crippen LogP contribution < -0.4 is 4.74 Å². The van der Waals surface area contributed by atoms with Crippen molar-refractivity contribution in [3.8, 4) is 11.5 Å². The zero-order chi connectivity index (χ0) is 20.3. The van der Waals surface area contributed by atoms with E-state index in [0.29, 0.717) is 23.5 Å². The predicted octanol–water partition coefficient (Wildman–Crippen LogP) is 8.06. The van der Waals surface area contributed by atoms with E-state index < -0.39 is 0 Å². The van der Waals surface area contributed by atoms with Crippen LogP contribution in [0.4, 0.5) is 0 Å². The van der Waals surface area contributed by atoms with E-state index in [1.54, 1.807) is 0 Å². The van der Waals surface area contributed by atoms with Crippen LogP contribution in [0.25, 0.3) is 0 Å². The predicted molar refractivity (Wildman–Crippen MR) is 118 cm³/mol. The van der Waals surface area contributed by atoms with Gasteiger partial charge in [-0.1, -0.05) is 73.1 Å². The van der Waals surface area contributed by atoms with Gasteiger partial charge in [0.2, 0.25) is 0 Å². The van der Waals surface area contributed by atoms with Gasteiger partial charge in [0, 0.05) is 17.9 Å². The zero-order valence-corrected chi connectivity index (χ0v) is 18.7. The molecule has 0 saturated carbocycles. The lowest BCUT2D eigenvalue weighted by Gasteiger charge is -2.34. The van der Waals surface area contributed by atoms with Gasteiger partial charge in [-0.15, -0.1) is 0 Å². The van der Waals surface area contributed by atoms with Crippen molar-refractivity contribution in [3.05, 3.63) is 34.6 Å². The molecule has 0 bridgehead atoms. The summed E-state index contributed by atoms with van der Waals surface area (Å²) in [5.74, 6) is 4.51. The first-order chi connectivity index (χ1) is 13.4. The fourth-order valence-corrected chi connectivity index (χ4v) is 5.03. The number of unbranched alkanes of at least 4 members (excludes halogenated alkanes) is 4. The summed E-state index contributed by atoms with van der Waals surface area (Å²) < 4.78 is 6.37. The van der Waals surface area contributed by atoms with Gasteiger partial charge in [0.25, 0.3) is 0 Å². The second-order valence-corrected chi connectivity index (χ2v) is 9.54. The molecule has 0 spiro atoms. The molecule has 4 atom stereocenters. The normalized spacial score (nSPS) is 23.6. The van der Waals surface area contributed by atoms with Crippen LogP contribution in [0.5, 0.6) is 11.5 Å². The molecule has 0 amide bonds. The lowest BCUT2D eigenvalue weighted by molar-refractivity contribution is 0.307. The highest BCUT2D eigenvalue weighted by molar-refractivity contribution is 5.55. The molecule has 28 heavy (non-hydrogen) atoms. The first-order valence-corrected chi connectivity index (χ1v) is 11.7. The van der Waals surface area contributed by atoms with E-state index in [4.69, 9.17) is 4.74 Å². The Balaban J connectivity index is 1.72. The minimum absolute atomic E-state index is 0.270. The van der Waals surface area contributed by atoms with Gasteiger partial charge in [-0.25, -0.2) is 0 Å². The maximum Gasteiger partial charge on any atom is 0.134 e. The lowest BCUT2D eigenvalue weighted by Crippen LogP contribution is -2.20. The average molecular weight is 385 g/mol. The van der Waals surface area contributed by atoms with Crippen molar-refractivity contribution < 1.29 is 9.84 Å². The monoisotopic (exact) mass is 384 g/mol. The number of ether oxygens (including phenoxy) is 1. The number of hydrogen-bond acceptors (Lipinski definition) is 2. The molecular formula is C26H40O2. The van der Waals surface area contributed by atoms with Crippen LogP contribution >= 0.6 is 0 Å². The summed E-state index contributed by atoms with van der Waals surface area (Å²) >= 11 is 0. The van der Waals surface area contributed by atoms with Gasteiger partial charge in [-0.05, 0) is 53.9 Å². The van der Waals surface area contributed by atoms with Crippen molar-refractivity contribution >= 4 is 0 Å². The molecule has 4 unspecified atom stereocenters. The number of allylic oxidation sites excluding steroid dienone is 2. The number of phenolic OH excluding ortho intramolecular Hbond substituents is 1. The molecule has 0 fully saturated rings. The third kappa shape index (κ3) is 4.58. The van der Waals surface area contributed by atoms with E-state index in [1.165, 1.54) is 61.8 Å². The van der Waals surface area contributed by atoms with Crippen molar-refractivity contribution in [2.75, 3.05) is 0 Å². The molecular weight excluding hydrogens is 344 g/mol. The van der Waals surface area contributed by atoms with Crippen molar-refractivity contribution in [2.45, 2.75) is 104 Å². The fourth-order valence-electron chi connectivity index (χ4n) is 5.03. The highest BCUT2D eigenvalue weighted by atomic mass is 16.5. The van der Waals surface area contributed by atoms with E-state index in [0.717, 1.165) is 24.2 Å². The minimum atomic E-state index is 0.270. The van der Waals surface area contributed by atoms with Gasteiger partial charge >= 0.3 is 0 Å². The molecule has 0 radical (unpaired) electrons. The van der Waals surface area contributed by atoms with Gasteiger partial charge in [0.1, 0.15) is 17.3 Å². The summed E-state index contributed by atoms with van der Waals surface area (Å²) in [6.45, 7) is 11.5. The Bertz CT molecular complexity index is 703. The maximum atomic E-state index is 10.9. The number of fused-ring (bicyclic) bond motifs is 1. The molecule has 1 N–H and O–H groups in total. The molecule has 1 aromatic carbocycles. The summed E-state index contributed by atoms with van der Waals surface area (Å²) in [6, 6.07) is 4.22. The van der Waals surface area contributed by atoms with Crippen LogP contribution in [0, 0.1) is 11.8 Å². The highest BCUT2D eigenvalue weighted by Crippen LogP contribution is 2.50. The van der Waals surface area contributed by atoms with Crippen molar-refractivity contribution in [1.82, 2.24) is 0 Å². The van der Waals surface area contributed by atoms with Crippen molar-refractivity contribution in [3.63, 3.8) is 0 Å². The number of aromatic hydroxyl groups is 1. The Hall–Kier alpha value is -1.44. The number of hydrogen-bond donors (Lipinski definition) is 1. The molecule has 1 aromatic rings. The van der Waals surface area contributed by atoms with Gasteiger partial charge in [-0.3, -0.25) is 0 Å². The van der Waals surface area contributed by atoms with Crippen molar-refractivity contribution in [1.29, 1.82) is 0 Å². The molecule has 2 heteroatoms. The van der Waals surface area contributed by atoms with Gasteiger partial charge in [0.05, 0.1) is 0 Å². The second kappa shape index (κ2) is 9.37. The number of rotatable bonds is 8. The first-order valence-electron chi connectivity index (χ1n) is 11.7. The Morgan fingerprint density at radius 2 is 1.86 bits per heavy atom. The molecule has 1 aliphatic heterocycles. The van der Waals surface area contributed by atoms with E-state index in [2.05, 4.69) is 40.7 Å². The second-order valence-electron chi connectivity index (χ2n) is 9.54. The highest BCUT2D eigenvalue weighted by Gasteiger charge is 2.33. The SMILES string of the molecule is CCCCCCCC(C)C(C)c1cc(O)c2c(c1)OC1=C(CCC(C)C1)C2C. The topological polar surface area (TPSA) is 29.5 Å². The van der Waals surface area contributed by atoms with Crippen LogP contribution in [0.2, 0.25) is 0 Å². The maximum absolute atomic E-state index is 10.9. The molecule has 2 nitrogen and oxygen atoms in total. The fraction of sp³-hybridized carbons (Fsp3) is 0.692. The third-order valence-electron chi connectivity index (χ3n) is 7.27. The molecule has 2 aliphatic rings. The van der Waals surface area contributed by atoms with Gasteiger partial charge in [-0.2, -0.15) is 0 Å². The number of phenols is 1. The zero-order valence-electron chi connectivity index (χ0n) is 18.7. The summed E-state index contributed by atoms with van der Waals surface area (Å²) in [5.41, 5.74) is 3.62. The smallest absolute Gasteiger partial charge is 0.134 e. The summed E-state index contributed by atoms with van der Waals surface area (Å²) in [5, 5.41) is 10.9. The van der Waals surface area contributed by atoms with Crippen LogP contribution in [-0.2, 0) is 0 Å². The molecule has 0 saturated heterocycles. The molecule has 0 aromatic heterocycles. The van der Waals surface area contributed by atoms with Crippen LogP contribution in [0.3, 0.4) is 0 Å². The molecule has 1 heterocycles. The van der Waals surface area contributed by atoms with Crippen LogP contribution in [0.15, 0.2) is 23.5 Å². The van der Waals surface area contributed by atoms with Crippen LogP contribution in [0.1, 0.15) is 115 Å². The van der Waals surface area contributed by atoms with E-state index in [-0.39, 0.29) is 5.92 Å². The van der Waals surface area contributed by atoms with Crippen molar-refractivity contribution in [2.24, 2.45) is 11.8 Å². The van der Waals surface area contributed by atoms with Crippen LogP contribution in [-0.4, -0.2) is 5.11 Å². The third-order valence-corrected chi connectivity index (χ3v) is 7.27. The van der Waals surface area contributed by atoms with Gasteiger partial charge < -0.3 is 9.84 Å². The minimum Gasteiger partial charge on any atom is -0.507 e. The Morgan fingerprint density at radius 1 is 1.11 bits per heavy atom. The van der Waals surface area contributed by atoms with Gasteiger partial charge in [0.15, 0.2) is 0 Å².